The number of ether oxygens (including phenoxy) is 2. The third-order valence-electron chi connectivity index (χ3n) is 5.99. The lowest BCUT2D eigenvalue weighted by molar-refractivity contribution is -0.0499. The SMILES string of the molecule is C[C@@H]1COCCN1c1cc(OS(=O)(=O)C(F)(F)F)c2ccnc(-c3ccnn3COCC[Si](C)(C)C)c2n1. The number of anilines is 1. The number of morpholine rings is 1. The standard InChI is InChI=1S/C23H30F3N5O5SSi/c1-16-14-34-10-9-30(16)20-13-19(36-37(32,33)23(24,25)26)17-5-7-27-22(21(17)29-20)18-6-8-28-31(18)15-35-11-12-38(2,3)4/h5-8,13,16H,9-12,14-15H2,1-4H3/t16-/m1/s1. The highest BCUT2D eigenvalue weighted by Gasteiger charge is 2.49. The van der Waals surface area contributed by atoms with Gasteiger partial charge in [0.25, 0.3) is 0 Å². The van der Waals surface area contributed by atoms with Crippen LogP contribution in [0.2, 0.25) is 25.7 Å². The van der Waals surface area contributed by atoms with Gasteiger partial charge in [-0.3, -0.25) is 4.98 Å². The van der Waals surface area contributed by atoms with Crippen molar-refractivity contribution in [3.8, 4) is 17.1 Å². The molecule has 10 nitrogen and oxygen atoms in total. The summed E-state index contributed by atoms with van der Waals surface area (Å²) in [7, 11) is -7.23. The summed E-state index contributed by atoms with van der Waals surface area (Å²) in [5.74, 6) is -0.255. The summed E-state index contributed by atoms with van der Waals surface area (Å²) in [6.45, 7) is 10.5. The van der Waals surface area contributed by atoms with Crippen molar-refractivity contribution in [3.63, 3.8) is 0 Å². The molecule has 1 saturated heterocycles. The molecule has 3 aromatic rings. The van der Waals surface area contributed by atoms with Crippen LogP contribution in [0.25, 0.3) is 22.3 Å². The van der Waals surface area contributed by atoms with E-state index in [1.807, 2.05) is 11.8 Å². The predicted octanol–water partition coefficient (Wildman–Crippen LogP) is 4.26. The van der Waals surface area contributed by atoms with Crippen LogP contribution in [0.4, 0.5) is 19.0 Å². The van der Waals surface area contributed by atoms with Crippen LogP contribution in [0, 0.1) is 0 Å². The van der Waals surface area contributed by atoms with Gasteiger partial charge in [0.05, 0.1) is 24.9 Å². The Morgan fingerprint density at radius 3 is 2.66 bits per heavy atom. The molecule has 0 amide bonds. The van der Waals surface area contributed by atoms with Crippen molar-refractivity contribution in [2.45, 2.75) is 50.9 Å². The van der Waals surface area contributed by atoms with Gasteiger partial charge in [-0.05, 0) is 25.1 Å². The van der Waals surface area contributed by atoms with Crippen molar-refractivity contribution >= 4 is 34.9 Å². The maximum absolute atomic E-state index is 13.2. The van der Waals surface area contributed by atoms with Gasteiger partial charge in [0.1, 0.15) is 23.8 Å². The molecule has 0 saturated carbocycles. The Labute approximate surface area is 219 Å². The summed E-state index contributed by atoms with van der Waals surface area (Å²) in [4.78, 5) is 11.0. The Morgan fingerprint density at radius 1 is 1.21 bits per heavy atom. The highest BCUT2D eigenvalue weighted by Crippen LogP contribution is 2.37. The molecule has 1 aliphatic heterocycles. The lowest BCUT2D eigenvalue weighted by Gasteiger charge is -2.34. The van der Waals surface area contributed by atoms with Crippen LogP contribution in [0.1, 0.15) is 6.92 Å². The van der Waals surface area contributed by atoms with Crippen LogP contribution < -0.4 is 9.08 Å². The van der Waals surface area contributed by atoms with E-state index in [2.05, 4.69) is 33.9 Å². The van der Waals surface area contributed by atoms with Crippen LogP contribution in [-0.4, -0.2) is 74.2 Å². The molecule has 15 heteroatoms. The number of aromatic nitrogens is 4. The normalized spacial score (nSPS) is 17.2. The predicted molar refractivity (Wildman–Crippen MR) is 138 cm³/mol. The maximum Gasteiger partial charge on any atom is 0.534 e. The largest absolute Gasteiger partial charge is 0.534 e. The fraction of sp³-hybridized carbons (Fsp3) is 0.522. The molecule has 0 unspecified atom stereocenters. The molecule has 4 heterocycles. The summed E-state index contributed by atoms with van der Waals surface area (Å²) >= 11 is 0. The summed E-state index contributed by atoms with van der Waals surface area (Å²) in [6.07, 6.45) is 2.91. The molecule has 0 spiro atoms. The fourth-order valence-corrected chi connectivity index (χ4v) is 5.14. The van der Waals surface area contributed by atoms with E-state index in [-0.39, 0.29) is 29.5 Å². The minimum absolute atomic E-state index is 0.0555. The summed E-state index contributed by atoms with van der Waals surface area (Å²) in [5, 5.41) is 4.36. The van der Waals surface area contributed by atoms with Crippen molar-refractivity contribution in [3.05, 3.63) is 30.6 Å². The molecule has 1 aliphatic rings. The molecule has 1 fully saturated rings. The number of fused-ring (bicyclic) bond motifs is 1. The van der Waals surface area contributed by atoms with Crippen molar-refractivity contribution < 1.29 is 35.2 Å². The van der Waals surface area contributed by atoms with E-state index >= 15 is 0 Å². The van der Waals surface area contributed by atoms with Crippen molar-refractivity contribution in [1.29, 1.82) is 0 Å². The molecule has 3 aromatic heterocycles. The first kappa shape index (κ1) is 28.3. The quantitative estimate of drug-likeness (QED) is 0.161. The lowest BCUT2D eigenvalue weighted by Crippen LogP contribution is -2.44. The van der Waals surface area contributed by atoms with E-state index in [0.717, 1.165) is 6.04 Å². The van der Waals surface area contributed by atoms with Gasteiger partial charge >= 0.3 is 15.6 Å². The van der Waals surface area contributed by atoms with Crippen LogP contribution in [0.3, 0.4) is 0 Å². The Bertz CT molecular complexity index is 1390. The second-order valence-corrected chi connectivity index (χ2v) is 17.4. The van der Waals surface area contributed by atoms with E-state index in [9.17, 15) is 21.6 Å². The molecular weight excluding hydrogens is 543 g/mol. The van der Waals surface area contributed by atoms with Gasteiger partial charge in [-0.1, -0.05) is 19.6 Å². The van der Waals surface area contributed by atoms with Crippen LogP contribution >= 0.6 is 0 Å². The number of hydrogen-bond donors (Lipinski definition) is 0. The molecule has 0 N–H and O–H groups in total. The van der Waals surface area contributed by atoms with E-state index in [1.54, 1.807) is 16.9 Å². The molecule has 1 atom stereocenters. The smallest absolute Gasteiger partial charge is 0.377 e. The van der Waals surface area contributed by atoms with E-state index in [4.69, 9.17) is 14.5 Å². The number of rotatable bonds is 9. The zero-order valence-corrected chi connectivity index (χ0v) is 23.3. The summed E-state index contributed by atoms with van der Waals surface area (Å²) < 4.78 is 81.1. The van der Waals surface area contributed by atoms with Crippen LogP contribution in [0.5, 0.6) is 5.75 Å². The number of halogens is 3. The highest BCUT2D eigenvalue weighted by atomic mass is 32.2. The molecular formula is C23H30F3N5O5SSi. The molecule has 0 radical (unpaired) electrons. The van der Waals surface area contributed by atoms with Gasteiger partial charge in [-0.25, -0.2) is 9.67 Å². The topological polar surface area (TPSA) is 109 Å². The molecule has 0 bridgehead atoms. The second kappa shape index (κ2) is 10.8. The zero-order valence-electron chi connectivity index (χ0n) is 21.5. The minimum Gasteiger partial charge on any atom is -0.377 e. The number of hydrogen-bond acceptors (Lipinski definition) is 9. The average Bonchev–Trinajstić information content (AvgIpc) is 3.28. The summed E-state index contributed by atoms with van der Waals surface area (Å²) in [5.41, 5.74) is -4.63. The first-order chi connectivity index (χ1) is 17.8. The zero-order chi connectivity index (χ0) is 27.7. The minimum atomic E-state index is -5.93. The first-order valence-electron chi connectivity index (χ1n) is 12.0. The van der Waals surface area contributed by atoms with Crippen molar-refractivity contribution in [2.24, 2.45) is 0 Å². The third kappa shape index (κ3) is 6.27. The lowest BCUT2D eigenvalue weighted by atomic mass is 10.1. The fourth-order valence-electron chi connectivity index (χ4n) is 3.91. The Kier molecular flexibility index (Phi) is 8.02. The summed E-state index contributed by atoms with van der Waals surface area (Å²) in [6, 6.07) is 5.06. The van der Waals surface area contributed by atoms with Crippen molar-refractivity contribution in [1.82, 2.24) is 19.7 Å². The third-order valence-corrected chi connectivity index (χ3v) is 8.66. The van der Waals surface area contributed by atoms with E-state index in [0.29, 0.717) is 37.8 Å². The second-order valence-electron chi connectivity index (χ2n) is 10.2. The molecule has 208 valence electrons. The number of alkyl halides is 3. The number of pyridine rings is 2. The molecule has 38 heavy (non-hydrogen) atoms. The van der Waals surface area contributed by atoms with E-state index < -0.39 is 29.4 Å². The Balaban J connectivity index is 1.80. The van der Waals surface area contributed by atoms with Gasteiger partial charge < -0.3 is 18.6 Å². The van der Waals surface area contributed by atoms with Crippen molar-refractivity contribution in [2.75, 3.05) is 31.3 Å². The van der Waals surface area contributed by atoms with Gasteiger partial charge in [-0.2, -0.15) is 26.7 Å². The van der Waals surface area contributed by atoms with Crippen LogP contribution in [-0.2, 0) is 26.3 Å². The van der Waals surface area contributed by atoms with Gasteiger partial charge in [0, 0.05) is 45.1 Å². The first-order valence-corrected chi connectivity index (χ1v) is 17.1. The van der Waals surface area contributed by atoms with Crippen LogP contribution in [0.15, 0.2) is 30.6 Å². The Hall–Kier alpha value is -2.75. The average molecular weight is 574 g/mol. The van der Waals surface area contributed by atoms with Gasteiger partial charge in [0.2, 0.25) is 0 Å². The molecule has 4 rings (SSSR count). The highest BCUT2D eigenvalue weighted by molar-refractivity contribution is 7.88. The van der Waals surface area contributed by atoms with Gasteiger partial charge in [0.15, 0.2) is 5.75 Å². The maximum atomic E-state index is 13.2. The monoisotopic (exact) mass is 573 g/mol. The molecule has 0 aliphatic carbocycles. The Morgan fingerprint density at radius 2 is 1.97 bits per heavy atom. The number of nitrogens with zero attached hydrogens (tertiary/aromatic N) is 5. The molecule has 0 aromatic carbocycles. The van der Waals surface area contributed by atoms with E-state index in [1.165, 1.54) is 18.3 Å². The van der Waals surface area contributed by atoms with Gasteiger partial charge in [-0.15, -0.1) is 0 Å².